The molecule has 2 aromatic heterocycles. The van der Waals surface area contributed by atoms with Crippen molar-refractivity contribution in [3.05, 3.63) is 64.6 Å². The number of thioether (sulfide) groups is 1. The topological polar surface area (TPSA) is 77.0 Å². The van der Waals surface area contributed by atoms with Crippen LogP contribution in [0.15, 0.2) is 53.5 Å². The second-order valence-electron chi connectivity index (χ2n) is 5.88. The number of amidine groups is 1. The molecule has 25 heavy (non-hydrogen) atoms. The molecule has 3 aromatic rings. The number of aromatic nitrogens is 3. The average molecular weight is 368 g/mol. The van der Waals surface area contributed by atoms with Crippen molar-refractivity contribution < 1.29 is 0 Å². The van der Waals surface area contributed by atoms with E-state index in [-0.39, 0.29) is 6.04 Å². The highest BCUT2D eigenvalue weighted by atomic mass is 32.2. The molecule has 0 fully saturated rings. The fourth-order valence-corrected chi connectivity index (χ4v) is 5.14. The number of aryl methyl sites for hydroxylation is 1. The van der Waals surface area contributed by atoms with E-state index in [2.05, 4.69) is 51.1 Å². The highest BCUT2D eigenvalue weighted by Crippen LogP contribution is 2.45. The van der Waals surface area contributed by atoms with E-state index in [0.717, 1.165) is 28.8 Å². The predicted octanol–water partition coefficient (Wildman–Crippen LogP) is 4.14. The van der Waals surface area contributed by atoms with Crippen molar-refractivity contribution in [3.8, 4) is 11.1 Å². The Balaban J connectivity index is 1.65. The zero-order valence-corrected chi connectivity index (χ0v) is 15.3. The van der Waals surface area contributed by atoms with Crippen LogP contribution in [0.25, 0.3) is 11.1 Å². The third-order valence-electron chi connectivity index (χ3n) is 4.22. The lowest BCUT2D eigenvalue weighted by molar-refractivity contribution is 0.642. The largest absolute Gasteiger partial charge is 0.379 e. The molecular formula is C18H17N5S2. The van der Waals surface area contributed by atoms with Gasteiger partial charge >= 0.3 is 0 Å². The lowest BCUT2D eigenvalue weighted by Gasteiger charge is -2.26. The van der Waals surface area contributed by atoms with Gasteiger partial charge in [-0.3, -0.25) is 4.99 Å². The van der Waals surface area contributed by atoms with Gasteiger partial charge in [-0.2, -0.15) is 0 Å². The Hall–Kier alpha value is -2.25. The lowest BCUT2D eigenvalue weighted by Crippen LogP contribution is -2.18. The van der Waals surface area contributed by atoms with Gasteiger partial charge in [0, 0.05) is 22.8 Å². The standard InChI is InChI=1S/C18H17N5S2/c1-11-17(24-10-22-11)16-6-15(23-18(19)25-16)13-4-2-3-12(5-13)14-7-20-9-21-8-14/h2-5,7-10,15-16H,6H2,1H3,(H2,19,23)/t15-,16-/m0/s1. The van der Waals surface area contributed by atoms with Crippen LogP contribution in [0, 0.1) is 6.92 Å². The number of benzene rings is 1. The van der Waals surface area contributed by atoms with E-state index >= 15 is 0 Å². The Kier molecular flexibility index (Phi) is 4.50. The monoisotopic (exact) mass is 367 g/mol. The fourth-order valence-electron chi connectivity index (χ4n) is 3.00. The summed E-state index contributed by atoms with van der Waals surface area (Å²) in [6.07, 6.45) is 6.11. The molecule has 5 nitrogen and oxygen atoms in total. The third kappa shape index (κ3) is 3.43. The van der Waals surface area contributed by atoms with E-state index in [1.54, 1.807) is 29.4 Å². The number of nitrogens with two attached hydrogens (primary N) is 1. The summed E-state index contributed by atoms with van der Waals surface area (Å²) in [7, 11) is 0. The first-order valence-electron chi connectivity index (χ1n) is 7.96. The van der Waals surface area contributed by atoms with Crippen LogP contribution < -0.4 is 5.73 Å². The van der Waals surface area contributed by atoms with Crippen LogP contribution in [-0.2, 0) is 0 Å². The second kappa shape index (κ2) is 6.93. The summed E-state index contributed by atoms with van der Waals surface area (Å²) in [4.78, 5) is 18.6. The van der Waals surface area contributed by atoms with Crippen molar-refractivity contribution in [1.29, 1.82) is 0 Å². The van der Waals surface area contributed by atoms with Crippen LogP contribution in [0.2, 0.25) is 0 Å². The maximum atomic E-state index is 6.14. The SMILES string of the molecule is Cc1ncsc1[C@@H]1C[C@@H](c2cccc(-c3cncnc3)c2)N=C(N)S1. The van der Waals surface area contributed by atoms with Crippen molar-refractivity contribution in [3.63, 3.8) is 0 Å². The van der Waals surface area contributed by atoms with Gasteiger partial charge in [0.2, 0.25) is 0 Å². The molecule has 3 heterocycles. The van der Waals surface area contributed by atoms with E-state index in [0.29, 0.717) is 10.4 Å². The van der Waals surface area contributed by atoms with E-state index in [4.69, 9.17) is 5.73 Å². The van der Waals surface area contributed by atoms with Gasteiger partial charge < -0.3 is 5.73 Å². The van der Waals surface area contributed by atoms with E-state index in [9.17, 15) is 0 Å². The Morgan fingerprint density at radius 1 is 1.16 bits per heavy atom. The van der Waals surface area contributed by atoms with Crippen LogP contribution in [0.5, 0.6) is 0 Å². The van der Waals surface area contributed by atoms with Gasteiger partial charge in [-0.05, 0) is 30.5 Å². The minimum atomic E-state index is 0.0531. The number of aliphatic imine (C=N–C) groups is 1. The van der Waals surface area contributed by atoms with Crippen LogP contribution in [0.4, 0.5) is 0 Å². The molecule has 1 aromatic carbocycles. The number of hydrogen-bond acceptors (Lipinski definition) is 7. The van der Waals surface area contributed by atoms with Gasteiger partial charge in [-0.1, -0.05) is 30.0 Å². The zero-order valence-electron chi connectivity index (χ0n) is 13.7. The summed E-state index contributed by atoms with van der Waals surface area (Å²) in [6.45, 7) is 2.05. The Morgan fingerprint density at radius 2 is 2.00 bits per heavy atom. The maximum Gasteiger partial charge on any atom is 0.155 e. The van der Waals surface area contributed by atoms with Crippen LogP contribution in [0.3, 0.4) is 0 Å². The Bertz CT molecular complexity index is 907. The molecule has 0 saturated heterocycles. The first kappa shape index (κ1) is 16.2. The average Bonchev–Trinajstić information content (AvgIpc) is 3.08. The molecule has 0 aliphatic carbocycles. The normalized spacial score (nSPS) is 20.3. The summed E-state index contributed by atoms with van der Waals surface area (Å²) in [5.41, 5.74) is 12.4. The summed E-state index contributed by atoms with van der Waals surface area (Å²) < 4.78 is 0. The quantitative estimate of drug-likeness (QED) is 0.753. The molecule has 0 amide bonds. The first-order chi connectivity index (χ1) is 12.2. The summed E-state index contributed by atoms with van der Waals surface area (Å²) in [6, 6.07) is 8.45. The molecule has 2 N–H and O–H groups in total. The molecule has 0 bridgehead atoms. The van der Waals surface area contributed by atoms with Gasteiger partial charge in [0.25, 0.3) is 0 Å². The van der Waals surface area contributed by atoms with Gasteiger partial charge in [0.05, 0.1) is 22.5 Å². The highest BCUT2D eigenvalue weighted by molar-refractivity contribution is 8.14. The van der Waals surface area contributed by atoms with E-state index in [1.165, 1.54) is 4.88 Å². The molecule has 0 spiro atoms. The van der Waals surface area contributed by atoms with Gasteiger partial charge in [0.15, 0.2) is 5.17 Å². The summed E-state index contributed by atoms with van der Waals surface area (Å²) in [5, 5.41) is 0.946. The third-order valence-corrected chi connectivity index (χ3v) is 6.48. The van der Waals surface area contributed by atoms with Crippen molar-refractivity contribution >= 4 is 28.3 Å². The Morgan fingerprint density at radius 3 is 2.76 bits per heavy atom. The predicted molar refractivity (Wildman–Crippen MR) is 104 cm³/mol. The van der Waals surface area contributed by atoms with Crippen LogP contribution in [-0.4, -0.2) is 20.1 Å². The van der Waals surface area contributed by atoms with Crippen molar-refractivity contribution in [1.82, 2.24) is 15.0 Å². The number of thiazole rings is 1. The van der Waals surface area contributed by atoms with E-state index < -0.39 is 0 Å². The van der Waals surface area contributed by atoms with E-state index in [1.807, 2.05) is 17.9 Å². The number of nitrogens with zero attached hydrogens (tertiary/aromatic N) is 4. The Labute approximate surface area is 154 Å². The molecule has 2 atom stereocenters. The van der Waals surface area contributed by atoms with Gasteiger partial charge in [-0.15, -0.1) is 11.3 Å². The highest BCUT2D eigenvalue weighted by Gasteiger charge is 2.28. The minimum absolute atomic E-state index is 0.0531. The fraction of sp³-hybridized carbons (Fsp3) is 0.222. The molecule has 7 heteroatoms. The van der Waals surface area contributed by atoms with Crippen molar-refractivity contribution in [2.45, 2.75) is 24.6 Å². The van der Waals surface area contributed by atoms with Crippen molar-refractivity contribution in [2.24, 2.45) is 10.7 Å². The molecule has 1 aliphatic heterocycles. The molecule has 0 unspecified atom stereocenters. The molecule has 126 valence electrons. The molecule has 0 radical (unpaired) electrons. The molecule has 0 saturated carbocycles. The first-order valence-corrected chi connectivity index (χ1v) is 9.72. The van der Waals surface area contributed by atoms with Crippen LogP contribution in [0.1, 0.15) is 33.8 Å². The smallest absolute Gasteiger partial charge is 0.155 e. The number of hydrogen-bond donors (Lipinski definition) is 1. The van der Waals surface area contributed by atoms with Gasteiger partial charge in [0.1, 0.15) is 6.33 Å². The maximum absolute atomic E-state index is 6.14. The molecule has 1 aliphatic rings. The second-order valence-corrected chi connectivity index (χ2v) is 7.99. The number of rotatable bonds is 3. The molecule has 4 rings (SSSR count). The lowest BCUT2D eigenvalue weighted by atomic mass is 9.97. The minimum Gasteiger partial charge on any atom is -0.379 e. The summed E-state index contributed by atoms with van der Waals surface area (Å²) in [5.74, 6) is 0. The van der Waals surface area contributed by atoms with Crippen molar-refractivity contribution in [2.75, 3.05) is 0 Å². The van der Waals surface area contributed by atoms with Gasteiger partial charge in [-0.25, -0.2) is 15.0 Å². The molecular weight excluding hydrogens is 350 g/mol. The van der Waals surface area contributed by atoms with Crippen LogP contribution >= 0.6 is 23.1 Å². The summed E-state index contributed by atoms with van der Waals surface area (Å²) >= 11 is 3.33. The zero-order chi connectivity index (χ0) is 17.2.